The summed E-state index contributed by atoms with van der Waals surface area (Å²) in [7, 11) is 1.60. The van der Waals surface area contributed by atoms with Crippen molar-refractivity contribution in [2.45, 2.75) is 31.7 Å². The second-order valence-corrected chi connectivity index (χ2v) is 10.00. The number of hydrogen-bond acceptors (Lipinski definition) is 6. The zero-order valence-electron chi connectivity index (χ0n) is 20.4. The van der Waals surface area contributed by atoms with E-state index in [2.05, 4.69) is 5.32 Å². The third kappa shape index (κ3) is 3.04. The summed E-state index contributed by atoms with van der Waals surface area (Å²) >= 11 is 0. The first-order chi connectivity index (χ1) is 17.0. The molecule has 2 aliphatic heterocycles. The number of carbonyl (C=O) groups excluding carboxylic acids is 2. The molecule has 9 nitrogen and oxygen atoms in total. The van der Waals surface area contributed by atoms with Gasteiger partial charge in [-0.15, -0.1) is 0 Å². The maximum atomic E-state index is 14.4. The van der Waals surface area contributed by atoms with Gasteiger partial charge in [-0.25, -0.2) is 0 Å². The van der Waals surface area contributed by atoms with E-state index in [4.69, 9.17) is 10.5 Å². The standard InChI is InChI=1S/C27H25N5O4/c1-26(2,3)30-20(33)14-32-19-12-8-6-10-16(19)27(25(32)35)17(13-28)23(29)36-22-15-9-5-7-11-18(15)31(4)24(34)21(22)27/h5-12H,14,29H2,1-4H3,(H,30,33)/t27-/m1/s1. The number of aromatic nitrogens is 1. The normalized spacial score (nSPS) is 18.6. The monoisotopic (exact) mass is 483 g/mol. The van der Waals surface area contributed by atoms with Gasteiger partial charge in [0.25, 0.3) is 5.56 Å². The van der Waals surface area contributed by atoms with Crippen molar-refractivity contribution >= 4 is 28.4 Å². The van der Waals surface area contributed by atoms with E-state index in [1.54, 1.807) is 55.6 Å². The zero-order chi connectivity index (χ0) is 26.0. The first kappa shape index (κ1) is 23.2. The van der Waals surface area contributed by atoms with Gasteiger partial charge in [-0.05, 0) is 39.0 Å². The fourth-order valence-corrected chi connectivity index (χ4v) is 5.21. The van der Waals surface area contributed by atoms with E-state index < -0.39 is 22.4 Å². The van der Waals surface area contributed by atoms with E-state index in [9.17, 15) is 19.6 Å². The third-order valence-electron chi connectivity index (χ3n) is 6.56. The van der Waals surface area contributed by atoms with Crippen molar-refractivity contribution in [2.75, 3.05) is 11.4 Å². The maximum Gasteiger partial charge on any atom is 0.259 e. The van der Waals surface area contributed by atoms with Crippen LogP contribution < -0.4 is 26.2 Å². The summed E-state index contributed by atoms with van der Waals surface area (Å²) in [5, 5.41) is 13.7. The molecule has 2 aromatic carbocycles. The van der Waals surface area contributed by atoms with Crippen LogP contribution in [-0.4, -0.2) is 28.5 Å². The maximum absolute atomic E-state index is 14.4. The molecule has 1 atom stereocenters. The molecule has 3 heterocycles. The molecule has 1 aromatic heterocycles. The van der Waals surface area contributed by atoms with E-state index in [0.717, 1.165) is 0 Å². The van der Waals surface area contributed by atoms with Gasteiger partial charge < -0.3 is 25.3 Å². The summed E-state index contributed by atoms with van der Waals surface area (Å²) in [4.78, 5) is 42.5. The Hall–Kier alpha value is -4.58. The van der Waals surface area contributed by atoms with E-state index in [1.807, 2.05) is 26.8 Å². The Morgan fingerprint density at radius 1 is 1.14 bits per heavy atom. The quantitative estimate of drug-likeness (QED) is 0.575. The molecule has 0 fully saturated rings. The van der Waals surface area contributed by atoms with Gasteiger partial charge in [0.2, 0.25) is 17.7 Å². The Labute approximate surface area is 207 Å². The van der Waals surface area contributed by atoms with Gasteiger partial charge in [0.05, 0.1) is 11.1 Å². The Kier molecular flexibility index (Phi) is 4.97. The lowest BCUT2D eigenvalue weighted by Crippen LogP contribution is -2.52. The molecule has 0 unspecified atom stereocenters. The first-order valence-electron chi connectivity index (χ1n) is 11.4. The average molecular weight is 484 g/mol. The lowest BCUT2D eigenvalue weighted by Gasteiger charge is -2.34. The summed E-state index contributed by atoms with van der Waals surface area (Å²) < 4.78 is 7.32. The molecule has 2 aliphatic rings. The first-order valence-corrected chi connectivity index (χ1v) is 11.4. The predicted octanol–water partition coefficient (Wildman–Crippen LogP) is 2.17. The summed E-state index contributed by atoms with van der Waals surface area (Å²) in [6.45, 7) is 5.23. The van der Waals surface area contributed by atoms with Crippen molar-refractivity contribution in [3.63, 3.8) is 0 Å². The number of amides is 2. The Bertz CT molecular complexity index is 1610. The number of hydrogen-bond donors (Lipinski definition) is 2. The molecule has 0 saturated carbocycles. The molecule has 5 rings (SSSR count). The van der Waals surface area contributed by atoms with Crippen LogP contribution in [0.25, 0.3) is 10.9 Å². The van der Waals surface area contributed by atoms with Crippen LogP contribution in [0, 0.1) is 11.3 Å². The average Bonchev–Trinajstić information content (AvgIpc) is 3.05. The molecule has 182 valence electrons. The molecule has 0 aliphatic carbocycles. The van der Waals surface area contributed by atoms with E-state index in [1.165, 1.54) is 9.47 Å². The minimum Gasteiger partial charge on any atom is -0.439 e. The highest BCUT2D eigenvalue weighted by Crippen LogP contribution is 2.55. The zero-order valence-corrected chi connectivity index (χ0v) is 20.4. The van der Waals surface area contributed by atoms with Crippen LogP contribution in [0.15, 0.2) is 64.8 Å². The van der Waals surface area contributed by atoms with Crippen LogP contribution >= 0.6 is 0 Å². The molecule has 36 heavy (non-hydrogen) atoms. The van der Waals surface area contributed by atoms with E-state index in [0.29, 0.717) is 22.2 Å². The van der Waals surface area contributed by atoms with Gasteiger partial charge in [-0.2, -0.15) is 5.26 Å². The van der Waals surface area contributed by atoms with Crippen LogP contribution in [-0.2, 0) is 22.1 Å². The highest BCUT2D eigenvalue weighted by Gasteiger charge is 2.61. The highest BCUT2D eigenvalue weighted by molar-refractivity contribution is 6.16. The molecule has 2 amide bonds. The second kappa shape index (κ2) is 7.71. The Morgan fingerprint density at radius 2 is 1.81 bits per heavy atom. The number of fused-ring (bicyclic) bond motifs is 6. The molecule has 0 bridgehead atoms. The van der Waals surface area contributed by atoms with Gasteiger partial charge >= 0.3 is 0 Å². The van der Waals surface area contributed by atoms with Crippen molar-refractivity contribution in [3.8, 4) is 11.8 Å². The summed E-state index contributed by atoms with van der Waals surface area (Å²) in [6.07, 6.45) is 0. The second-order valence-electron chi connectivity index (χ2n) is 10.00. The fourth-order valence-electron chi connectivity index (χ4n) is 5.21. The minimum atomic E-state index is -1.86. The lowest BCUT2D eigenvalue weighted by molar-refractivity contribution is -0.125. The van der Waals surface area contributed by atoms with Gasteiger partial charge in [-0.3, -0.25) is 14.4 Å². The van der Waals surface area contributed by atoms with Crippen LogP contribution in [0.4, 0.5) is 5.69 Å². The number of pyridine rings is 1. The number of benzene rings is 2. The lowest BCUT2D eigenvalue weighted by atomic mass is 9.69. The molecular formula is C27H25N5O4. The van der Waals surface area contributed by atoms with Crippen LogP contribution in [0.3, 0.4) is 0 Å². The van der Waals surface area contributed by atoms with Gasteiger partial charge in [0.15, 0.2) is 5.41 Å². The number of nitriles is 1. The number of nitrogens with two attached hydrogens (primary N) is 1. The highest BCUT2D eigenvalue weighted by atomic mass is 16.5. The minimum absolute atomic E-state index is 0.00521. The number of nitrogens with zero attached hydrogens (tertiary/aromatic N) is 3. The number of rotatable bonds is 2. The molecular weight excluding hydrogens is 458 g/mol. The molecule has 0 saturated heterocycles. The third-order valence-corrected chi connectivity index (χ3v) is 6.56. The van der Waals surface area contributed by atoms with Crippen molar-refractivity contribution in [1.82, 2.24) is 9.88 Å². The molecule has 3 N–H and O–H groups in total. The van der Waals surface area contributed by atoms with E-state index >= 15 is 0 Å². The number of anilines is 1. The van der Waals surface area contributed by atoms with Crippen molar-refractivity contribution in [1.29, 1.82) is 5.26 Å². The predicted molar refractivity (Wildman–Crippen MR) is 134 cm³/mol. The number of ether oxygens (including phenoxy) is 1. The molecule has 0 radical (unpaired) electrons. The number of para-hydroxylation sites is 2. The SMILES string of the molecule is Cn1c(=O)c2c(c3ccccc31)OC(N)=C(C#N)[C@@]21C(=O)N(CC(=O)NC(C)(C)C)c2ccccc21. The van der Waals surface area contributed by atoms with E-state index in [-0.39, 0.29) is 35.2 Å². The smallest absolute Gasteiger partial charge is 0.259 e. The summed E-state index contributed by atoms with van der Waals surface area (Å²) in [6, 6.07) is 16.0. The molecule has 9 heteroatoms. The van der Waals surface area contributed by atoms with Gasteiger partial charge in [-0.1, -0.05) is 30.3 Å². The molecule has 3 aromatic rings. The van der Waals surface area contributed by atoms with Crippen molar-refractivity contribution in [3.05, 3.63) is 81.5 Å². The number of aryl methyl sites for hydroxylation is 1. The van der Waals surface area contributed by atoms with Gasteiger partial charge in [0, 0.05) is 29.2 Å². The molecule has 1 spiro atoms. The summed E-state index contributed by atoms with van der Waals surface area (Å²) in [5.74, 6) is -1.11. The van der Waals surface area contributed by atoms with Gasteiger partial charge in [0.1, 0.15) is 23.9 Å². The van der Waals surface area contributed by atoms with Crippen molar-refractivity contribution < 1.29 is 14.3 Å². The van der Waals surface area contributed by atoms with Crippen LogP contribution in [0.1, 0.15) is 31.9 Å². The topological polar surface area (TPSA) is 130 Å². The van der Waals surface area contributed by atoms with Crippen molar-refractivity contribution in [2.24, 2.45) is 12.8 Å². The Balaban J connectivity index is 1.85. The van der Waals surface area contributed by atoms with Crippen LogP contribution in [0.5, 0.6) is 5.75 Å². The van der Waals surface area contributed by atoms with Crippen LogP contribution in [0.2, 0.25) is 0 Å². The summed E-state index contributed by atoms with van der Waals surface area (Å²) in [5.41, 5.74) is 4.63. The number of nitrogens with one attached hydrogen (secondary N) is 1. The Morgan fingerprint density at radius 3 is 2.50 bits per heavy atom. The fraction of sp³-hybridized carbons (Fsp3) is 0.259. The number of carbonyl (C=O) groups is 2. The largest absolute Gasteiger partial charge is 0.439 e.